The molecule has 0 spiro atoms. The lowest BCUT2D eigenvalue weighted by Crippen LogP contribution is -2.38. The largest absolute Gasteiger partial charge is 0.444 e. The lowest BCUT2D eigenvalue weighted by atomic mass is 10.2. The van der Waals surface area contributed by atoms with Crippen LogP contribution in [-0.2, 0) is 4.74 Å². The molecule has 0 aliphatic carbocycles. The monoisotopic (exact) mass is 325 g/mol. The minimum Gasteiger partial charge on any atom is -0.444 e. The summed E-state index contributed by atoms with van der Waals surface area (Å²) in [7, 11) is 0. The van der Waals surface area contributed by atoms with Crippen molar-refractivity contribution in [2.45, 2.75) is 52.7 Å². The van der Waals surface area contributed by atoms with E-state index in [9.17, 15) is 9.18 Å². The number of rotatable bonds is 7. The summed E-state index contributed by atoms with van der Waals surface area (Å²) in [5.74, 6) is -0.336. The molecule has 1 rings (SSSR count). The van der Waals surface area contributed by atoms with Crippen LogP contribution < -0.4 is 5.32 Å². The number of amides is 1. The summed E-state index contributed by atoms with van der Waals surface area (Å²) < 4.78 is 18.2. The third-order valence-corrected chi connectivity index (χ3v) is 3.28. The molecule has 0 fully saturated rings. The van der Waals surface area contributed by atoms with E-state index in [1.54, 1.807) is 11.0 Å². The Kier molecular flexibility index (Phi) is 7.42. The Labute approximate surface area is 138 Å². The molecule has 0 saturated carbocycles. The number of nitrogens with zero attached hydrogens (tertiary/aromatic N) is 2. The number of hydrogen-bond acceptors (Lipinski definition) is 4. The molecular weight excluding hydrogens is 297 g/mol. The Morgan fingerprint density at radius 2 is 2.13 bits per heavy atom. The van der Waals surface area contributed by atoms with Crippen molar-refractivity contribution < 1.29 is 13.9 Å². The summed E-state index contributed by atoms with van der Waals surface area (Å²) in [5.41, 5.74) is 0.316. The second-order valence-electron chi connectivity index (χ2n) is 6.49. The maximum atomic E-state index is 12.8. The predicted molar refractivity (Wildman–Crippen MR) is 88.7 cm³/mol. The van der Waals surface area contributed by atoms with Gasteiger partial charge in [0.2, 0.25) is 0 Å². The highest BCUT2D eigenvalue weighted by molar-refractivity contribution is 5.68. The van der Waals surface area contributed by atoms with Crippen LogP contribution in [0.4, 0.5) is 9.18 Å². The molecule has 0 aromatic carbocycles. The molecule has 0 saturated heterocycles. The predicted octanol–water partition coefficient (Wildman–Crippen LogP) is 3.52. The summed E-state index contributed by atoms with van der Waals surface area (Å²) in [4.78, 5) is 17.8. The van der Waals surface area contributed by atoms with Crippen LogP contribution in [0.1, 0.15) is 52.8 Å². The molecule has 1 heterocycles. The summed E-state index contributed by atoms with van der Waals surface area (Å²) in [5, 5.41) is 3.32. The van der Waals surface area contributed by atoms with Gasteiger partial charge in [0.25, 0.3) is 0 Å². The first-order valence-electron chi connectivity index (χ1n) is 8.05. The van der Waals surface area contributed by atoms with Crippen LogP contribution in [0.2, 0.25) is 0 Å². The van der Waals surface area contributed by atoms with Crippen molar-refractivity contribution in [2.75, 3.05) is 19.6 Å². The zero-order chi connectivity index (χ0) is 17.5. The number of carbonyl (C=O) groups is 1. The number of nitrogens with one attached hydrogen (secondary N) is 1. The summed E-state index contributed by atoms with van der Waals surface area (Å²) >= 11 is 0. The molecule has 0 bridgehead atoms. The van der Waals surface area contributed by atoms with Gasteiger partial charge in [0.05, 0.1) is 11.9 Å². The Morgan fingerprint density at radius 3 is 2.65 bits per heavy atom. The lowest BCUT2D eigenvalue weighted by Gasteiger charge is -2.26. The van der Waals surface area contributed by atoms with Crippen molar-refractivity contribution in [3.05, 3.63) is 29.8 Å². The van der Waals surface area contributed by atoms with Crippen molar-refractivity contribution in [1.82, 2.24) is 15.2 Å². The highest BCUT2D eigenvalue weighted by atomic mass is 19.1. The van der Waals surface area contributed by atoms with Crippen LogP contribution in [0, 0.1) is 5.82 Å². The lowest BCUT2D eigenvalue weighted by molar-refractivity contribution is 0.0258. The zero-order valence-electron chi connectivity index (χ0n) is 14.7. The fourth-order valence-electron chi connectivity index (χ4n) is 2.04. The highest BCUT2D eigenvalue weighted by Crippen LogP contribution is 2.11. The average Bonchev–Trinajstić information content (AvgIpc) is 2.45. The van der Waals surface area contributed by atoms with E-state index >= 15 is 0 Å². The zero-order valence-corrected chi connectivity index (χ0v) is 14.7. The van der Waals surface area contributed by atoms with E-state index in [2.05, 4.69) is 10.3 Å². The maximum absolute atomic E-state index is 12.8. The molecule has 0 aliphatic rings. The van der Waals surface area contributed by atoms with E-state index in [0.717, 1.165) is 18.7 Å². The third-order valence-electron chi connectivity index (χ3n) is 3.28. The molecular formula is C17H28FN3O2. The van der Waals surface area contributed by atoms with Gasteiger partial charge >= 0.3 is 6.09 Å². The van der Waals surface area contributed by atoms with Crippen LogP contribution in [-0.4, -0.2) is 41.2 Å². The van der Waals surface area contributed by atoms with Gasteiger partial charge in [0, 0.05) is 19.1 Å². The minimum absolute atomic E-state index is 0.0344. The fraction of sp³-hybridized carbons (Fsp3) is 0.647. The van der Waals surface area contributed by atoms with Gasteiger partial charge < -0.3 is 15.0 Å². The normalized spacial score (nSPS) is 12.8. The molecule has 1 aromatic heterocycles. The molecule has 130 valence electrons. The number of halogens is 1. The number of carbonyl (C=O) groups excluding carboxylic acids is 1. The summed E-state index contributed by atoms with van der Waals surface area (Å²) in [6.07, 6.45) is 1.74. The molecule has 5 nitrogen and oxygen atoms in total. The van der Waals surface area contributed by atoms with Crippen molar-refractivity contribution in [3.8, 4) is 0 Å². The van der Waals surface area contributed by atoms with Crippen LogP contribution in [0.5, 0.6) is 0 Å². The van der Waals surface area contributed by atoms with Crippen LogP contribution in [0.15, 0.2) is 18.3 Å². The van der Waals surface area contributed by atoms with E-state index in [4.69, 9.17) is 4.74 Å². The molecule has 0 aliphatic heterocycles. The van der Waals surface area contributed by atoms with Gasteiger partial charge in [-0.3, -0.25) is 4.98 Å². The van der Waals surface area contributed by atoms with Crippen LogP contribution >= 0.6 is 0 Å². The number of ether oxygens (including phenoxy) is 1. The van der Waals surface area contributed by atoms with Crippen molar-refractivity contribution in [2.24, 2.45) is 0 Å². The first kappa shape index (κ1) is 19.4. The van der Waals surface area contributed by atoms with E-state index in [-0.39, 0.29) is 18.0 Å². The number of hydrogen-bond donors (Lipinski definition) is 1. The van der Waals surface area contributed by atoms with Gasteiger partial charge in [-0.05, 0) is 59.7 Å². The van der Waals surface area contributed by atoms with Gasteiger partial charge in [-0.1, -0.05) is 0 Å². The van der Waals surface area contributed by atoms with Gasteiger partial charge in [-0.25, -0.2) is 9.18 Å². The van der Waals surface area contributed by atoms with Crippen LogP contribution in [0.25, 0.3) is 0 Å². The molecule has 23 heavy (non-hydrogen) atoms. The van der Waals surface area contributed by atoms with Crippen LogP contribution in [0.3, 0.4) is 0 Å². The summed E-state index contributed by atoms with van der Waals surface area (Å²) in [6.45, 7) is 11.5. The smallest absolute Gasteiger partial charge is 0.410 e. The fourth-order valence-corrected chi connectivity index (χ4v) is 2.04. The van der Waals surface area contributed by atoms with E-state index in [0.29, 0.717) is 13.1 Å². The number of pyridine rings is 1. The maximum Gasteiger partial charge on any atom is 0.410 e. The molecule has 0 radical (unpaired) electrons. The Bertz CT molecular complexity index is 486. The summed E-state index contributed by atoms with van der Waals surface area (Å²) in [6, 6.07) is 3.11. The highest BCUT2D eigenvalue weighted by Gasteiger charge is 2.20. The Morgan fingerprint density at radius 1 is 1.43 bits per heavy atom. The number of aromatic nitrogens is 1. The molecule has 1 aromatic rings. The second-order valence-corrected chi connectivity index (χ2v) is 6.49. The SMILES string of the molecule is CCN(CCCNC(C)c1ccc(F)cn1)C(=O)OC(C)(C)C. The van der Waals surface area contributed by atoms with Crippen molar-refractivity contribution in [1.29, 1.82) is 0 Å². The van der Waals surface area contributed by atoms with E-state index in [1.807, 2.05) is 34.6 Å². The van der Waals surface area contributed by atoms with Gasteiger partial charge in [0.15, 0.2) is 0 Å². The first-order valence-corrected chi connectivity index (χ1v) is 8.05. The Hall–Kier alpha value is -1.69. The quantitative estimate of drug-likeness (QED) is 0.779. The van der Waals surface area contributed by atoms with Crippen molar-refractivity contribution in [3.63, 3.8) is 0 Å². The molecule has 1 amide bonds. The molecule has 1 unspecified atom stereocenters. The average molecular weight is 325 g/mol. The van der Waals surface area contributed by atoms with E-state index < -0.39 is 5.60 Å². The molecule has 1 N–H and O–H groups in total. The topological polar surface area (TPSA) is 54.5 Å². The van der Waals surface area contributed by atoms with Gasteiger partial charge in [0.1, 0.15) is 11.4 Å². The Balaban J connectivity index is 2.34. The standard InChI is InChI=1S/C17H28FN3O2/c1-6-21(16(22)23-17(3,4)5)11-7-10-19-13(2)15-9-8-14(18)12-20-15/h8-9,12-13,19H,6-7,10-11H2,1-5H3. The molecule has 6 heteroatoms. The van der Waals surface area contributed by atoms with Gasteiger partial charge in [-0.15, -0.1) is 0 Å². The van der Waals surface area contributed by atoms with E-state index in [1.165, 1.54) is 12.3 Å². The second kappa shape index (κ2) is 8.82. The molecule has 1 atom stereocenters. The van der Waals surface area contributed by atoms with Gasteiger partial charge in [-0.2, -0.15) is 0 Å². The minimum atomic E-state index is -0.481. The third kappa shape index (κ3) is 7.41. The first-order chi connectivity index (χ1) is 10.7. The van der Waals surface area contributed by atoms with Crippen molar-refractivity contribution >= 4 is 6.09 Å².